The Hall–Kier alpha value is -2.44. The quantitative estimate of drug-likeness (QED) is 0.656. The molecule has 0 saturated carbocycles. The molecule has 0 saturated heterocycles. The summed E-state index contributed by atoms with van der Waals surface area (Å²) < 4.78 is 0.713. The maximum Gasteiger partial charge on any atom is 0.325 e. The highest BCUT2D eigenvalue weighted by atomic mass is 16.4. The first-order valence-corrected chi connectivity index (χ1v) is 4.73. The molecule has 1 aromatic rings. The fraction of sp³-hybridized carbons (Fsp3) is 0.200. The summed E-state index contributed by atoms with van der Waals surface area (Å²) in [5.74, 6) is -1.70. The van der Waals surface area contributed by atoms with Crippen molar-refractivity contribution in [3.8, 4) is 0 Å². The van der Waals surface area contributed by atoms with Gasteiger partial charge in [-0.2, -0.15) is 5.10 Å². The minimum atomic E-state index is -1.21. The smallest absolute Gasteiger partial charge is 0.325 e. The third kappa shape index (κ3) is 3.56. The maximum absolute atomic E-state index is 11.5. The zero-order valence-corrected chi connectivity index (χ0v) is 8.92. The number of amides is 1. The van der Waals surface area contributed by atoms with E-state index in [4.69, 9.17) is 5.11 Å². The largest absolute Gasteiger partial charge is 0.480 e. The highest BCUT2D eigenvalue weighted by Crippen LogP contribution is 1.90. The lowest BCUT2D eigenvalue weighted by Crippen LogP contribution is -2.31. The zero-order chi connectivity index (χ0) is 12.8. The summed E-state index contributed by atoms with van der Waals surface area (Å²) in [4.78, 5) is 33.2. The van der Waals surface area contributed by atoms with Crippen LogP contribution in [0.2, 0.25) is 0 Å². The third-order valence-electron chi connectivity index (χ3n) is 1.79. The van der Waals surface area contributed by atoms with Crippen LogP contribution in [0.1, 0.15) is 10.5 Å². The normalized spacial score (nSPS) is 9.65. The summed E-state index contributed by atoms with van der Waals surface area (Å²) in [5, 5.41) is 14.7. The first-order chi connectivity index (χ1) is 8.04. The van der Waals surface area contributed by atoms with Gasteiger partial charge in [-0.1, -0.05) is 6.08 Å². The van der Waals surface area contributed by atoms with Gasteiger partial charge in [-0.3, -0.25) is 14.4 Å². The molecule has 0 aliphatic carbocycles. The van der Waals surface area contributed by atoms with Gasteiger partial charge in [-0.25, -0.2) is 4.68 Å². The number of nitrogens with one attached hydrogen (secondary N) is 1. The molecule has 0 unspecified atom stereocenters. The Labute approximate surface area is 96.4 Å². The van der Waals surface area contributed by atoms with Crippen LogP contribution < -0.4 is 10.9 Å². The summed E-state index contributed by atoms with van der Waals surface area (Å²) in [7, 11) is 0. The van der Waals surface area contributed by atoms with Crippen LogP contribution >= 0.6 is 0 Å². The number of carboxylic acids is 1. The Balaban J connectivity index is 2.95. The van der Waals surface area contributed by atoms with Gasteiger partial charge in [0.2, 0.25) is 0 Å². The zero-order valence-electron chi connectivity index (χ0n) is 8.92. The monoisotopic (exact) mass is 237 g/mol. The SMILES string of the molecule is C=CCNC(=O)c1ccc(=O)n(CC(=O)O)n1. The number of nitrogens with zero attached hydrogens (tertiary/aromatic N) is 2. The molecule has 1 aromatic heterocycles. The van der Waals surface area contributed by atoms with E-state index in [0.717, 1.165) is 6.07 Å². The number of aromatic nitrogens is 2. The Bertz CT molecular complexity index is 507. The molecule has 1 rings (SSSR count). The van der Waals surface area contributed by atoms with Gasteiger partial charge in [-0.05, 0) is 6.07 Å². The highest BCUT2D eigenvalue weighted by molar-refractivity contribution is 5.92. The molecule has 0 fully saturated rings. The van der Waals surface area contributed by atoms with Crippen molar-refractivity contribution in [1.29, 1.82) is 0 Å². The first kappa shape index (κ1) is 12.6. The van der Waals surface area contributed by atoms with E-state index >= 15 is 0 Å². The van der Waals surface area contributed by atoms with E-state index in [1.54, 1.807) is 0 Å². The molecule has 0 aliphatic rings. The van der Waals surface area contributed by atoms with Gasteiger partial charge in [0, 0.05) is 12.6 Å². The molecular weight excluding hydrogens is 226 g/mol. The van der Waals surface area contributed by atoms with Gasteiger partial charge in [0.1, 0.15) is 12.2 Å². The van der Waals surface area contributed by atoms with Crippen LogP contribution in [0.25, 0.3) is 0 Å². The molecule has 0 aromatic carbocycles. The minimum Gasteiger partial charge on any atom is -0.480 e. The van der Waals surface area contributed by atoms with Gasteiger partial charge < -0.3 is 10.4 Å². The number of aliphatic carboxylic acids is 1. The van der Waals surface area contributed by atoms with Crippen LogP contribution in [0.4, 0.5) is 0 Å². The van der Waals surface area contributed by atoms with E-state index in [0.29, 0.717) is 4.68 Å². The summed E-state index contributed by atoms with van der Waals surface area (Å²) in [6.45, 7) is 3.11. The van der Waals surface area contributed by atoms with E-state index in [1.165, 1.54) is 12.1 Å². The predicted octanol–water partition coefficient (Wildman–Crippen LogP) is -0.756. The van der Waals surface area contributed by atoms with E-state index in [9.17, 15) is 14.4 Å². The average molecular weight is 237 g/mol. The maximum atomic E-state index is 11.5. The molecule has 0 spiro atoms. The molecule has 0 bridgehead atoms. The second kappa shape index (κ2) is 5.59. The van der Waals surface area contributed by atoms with Gasteiger partial charge in [0.05, 0.1) is 0 Å². The second-order valence-corrected chi connectivity index (χ2v) is 3.11. The molecule has 17 heavy (non-hydrogen) atoms. The van der Waals surface area contributed by atoms with Crippen molar-refractivity contribution >= 4 is 11.9 Å². The fourth-order valence-corrected chi connectivity index (χ4v) is 1.07. The number of hydrogen-bond acceptors (Lipinski definition) is 4. The van der Waals surface area contributed by atoms with Crippen molar-refractivity contribution in [1.82, 2.24) is 15.1 Å². The Kier molecular flexibility index (Phi) is 4.15. The lowest BCUT2D eigenvalue weighted by Gasteiger charge is -2.04. The van der Waals surface area contributed by atoms with Crippen LogP contribution in [-0.4, -0.2) is 33.3 Å². The lowest BCUT2D eigenvalue weighted by atomic mass is 10.3. The van der Waals surface area contributed by atoms with Crippen molar-refractivity contribution in [2.45, 2.75) is 6.54 Å². The fourth-order valence-electron chi connectivity index (χ4n) is 1.07. The molecule has 0 atom stereocenters. The molecule has 0 aliphatic heterocycles. The van der Waals surface area contributed by atoms with Crippen molar-refractivity contribution in [2.75, 3.05) is 6.54 Å². The first-order valence-electron chi connectivity index (χ1n) is 4.73. The molecule has 2 N–H and O–H groups in total. The highest BCUT2D eigenvalue weighted by Gasteiger charge is 2.10. The average Bonchev–Trinajstić information content (AvgIpc) is 2.28. The lowest BCUT2D eigenvalue weighted by molar-refractivity contribution is -0.138. The topological polar surface area (TPSA) is 101 Å². The van der Waals surface area contributed by atoms with E-state index < -0.39 is 24.0 Å². The number of hydrogen-bond donors (Lipinski definition) is 2. The molecule has 7 heteroatoms. The van der Waals surface area contributed by atoms with Gasteiger partial charge in [-0.15, -0.1) is 6.58 Å². The van der Waals surface area contributed by atoms with Crippen molar-refractivity contribution < 1.29 is 14.7 Å². The van der Waals surface area contributed by atoms with Crippen molar-refractivity contribution in [3.63, 3.8) is 0 Å². The molecule has 0 radical (unpaired) electrons. The summed E-state index contributed by atoms with van der Waals surface area (Å²) in [6, 6.07) is 2.33. The predicted molar refractivity (Wildman–Crippen MR) is 58.7 cm³/mol. The van der Waals surface area contributed by atoms with Crippen molar-refractivity contribution in [3.05, 3.63) is 40.8 Å². The molecular formula is C10H11N3O4. The van der Waals surface area contributed by atoms with Crippen molar-refractivity contribution in [2.24, 2.45) is 0 Å². The number of carboxylic acid groups (broad SMARTS) is 1. The standard InChI is InChI=1S/C10H11N3O4/c1-2-5-11-10(17)7-3-4-8(14)13(12-7)6-9(15)16/h2-4H,1,5-6H2,(H,11,17)(H,15,16). The summed E-state index contributed by atoms with van der Waals surface area (Å²) >= 11 is 0. The minimum absolute atomic E-state index is 0.0206. The van der Waals surface area contributed by atoms with Gasteiger partial charge >= 0.3 is 5.97 Å². The van der Waals surface area contributed by atoms with Crippen LogP contribution in [0.5, 0.6) is 0 Å². The molecule has 1 amide bonds. The third-order valence-corrected chi connectivity index (χ3v) is 1.79. The Morgan fingerprint density at radius 1 is 1.53 bits per heavy atom. The molecule has 1 heterocycles. The number of rotatable bonds is 5. The Morgan fingerprint density at radius 3 is 2.82 bits per heavy atom. The van der Waals surface area contributed by atoms with Gasteiger partial charge in [0.15, 0.2) is 0 Å². The van der Waals surface area contributed by atoms with Crippen LogP contribution in [0.3, 0.4) is 0 Å². The molecule has 7 nitrogen and oxygen atoms in total. The summed E-state index contributed by atoms with van der Waals surface area (Å²) in [5.41, 5.74) is -0.597. The second-order valence-electron chi connectivity index (χ2n) is 3.11. The van der Waals surface area contributed by atoms with Crippen LogP contribution in [-0.2, 0) is 11.3 Å². The summed E-state index contributed by atoms with van der Waals surface area (Å²) in [6.07, 6.45) is 1.49. The Morgan fingerprint density at radius 2 is 2.24 bits per heavy atom. The number of carbonyl (C=O) groups is 2. The van der Waals surface area contributed by atoms with Crippen LogP contribution in [0, 0.1) is 0 Å². The number of carbonyl (C=O) groups excluding carboxylic acids is 1. The van der Waals surface area contributed by atoms with E-state index in [-0.39, 0.29) is 12.2 Å². The van der Waals surface area contributed by atoms with E-state index in [1.807, 2.05) is 0 Å². The van der Waals surface area contributed by atoms with Gasteiger partial charge in [0.25, 0.3) is 11.5 Å². The van der Waals surface area contributed by atoms with E-state index in [2.05, 4.69) is 17.0 Å². The molecule has 90 valence electrons. The van der Waals surface area contributed by atoms with Crippen LogP contribution in [0.15, 0.2) is 29.6 Å².